The van der Waals surface area contributed by atoms with Gasteiger partial charge in [0, 0.05) is 24.3 Å². The molecule has 1 amide bonds. The largest absolute Gasteiger partial charge is 0.494 e. The zero-order valence-electron chi connectivity index (χ0n) is 20.3. The first-order valence-corrected chi connectivity index (χ1v) is 16.7. The SMILES string of the molecule is O=C(CCCCCCOc1ccc(Nc2nc(NC3CCCCC3)c3cc[nH]c3n2)cc1)NOPI. The molecule has 1 aliphatic rings. The number of H-pyrrole nitrogens is 1. The van der Waals surface area contributed by atoms with Crippen molar-refractivity contribution < 1.29 is 14.2 Å². The molecule has 2 aromatic heterocycles. The molecule has 9 nitrogen and oxygen atoms in total. The highest BCUT2D eigenvalue weighted by Gasteiger charge is 2.16. The van der Waals surface area contributed by atoms with Crippen molar-refractivity contribution in [1.82, 2.24) is 20.4 Å². The van der Waals surface area contributed by atoms with Crippen LogP contribution in [0.5, 0.6) is 5.75 Å². The van der Waals surface area contributed by atoms with Crippen molar-refractivity contribution in [2.24, 2.45) is 0 Å². The third-order valence-electron chi connectivity index (χ3n) is 6.24. The Kier molecular flexibility index (Phi) is 10.9. The number of halogens is 1. The molecular weight excluding hydrogens is 590 g/mol. The van der Waals surface area contributed by atoms with Crippen molar-refractivity contribution in [3.63, 3.8) is 0 Å². The highest BCUT2D eigenvalue weighted by atomic mass is 127. The minimum absolute atomic E-state index is 0.0564. The summed E-state index contributed by atoms with van der Waals surface area (Å²) < 4.78 is 10.8. The van der Waals surface area contributed by atoms with Gasteiger partial charge in [-0.25, -0.2) is 10.1 Å². The Hall–Kier alpha value is -2.17. The van der Waals surface area contributed by atoms with E-state index >= 15 is 0 Å². The van der Waals surface area contributed by atoms with E-state index in [9.17, 15) is 4.79 Å². The quantitative estimate of drug-likeness (QED) is 0.0678. The van der Waals surface area contributed by atoms with Crippen molar-refractivity contribution >= 4 is 62.9 Å². The number of anilines is 3. The first-order valence-electron chi connectivity index (χ1n) is 12.6. The van der Waals surface area contributed by atoms with Gasteiger partial charge in [0.05, 0.1) is 12.0 Å². The van der Waals surface area contributed by atoms with E-state index in [0.717, 1.165) is 54.0 Å². The molecule has 11 heteroatoms. The second kappa shape index (κ2) is 14.5. The van der Waals surface area contributed by atoms with E-state index in [0.29, 0.717) is 25.0 Å². The van der Waals surface area contributed by atoms with E-state index in [1.165, 1.54) is 32.1 Å². The van der Waals surface area contributed by atoms with Gasteiger partial charge in [-0.15, -0.1) is 0 Å². The fourth-order valence-corrected chi connectivity index (χ4v) is 4.85. The Morgan fingerprint density at radius 2 is 1.86 bits per heavy atom. The Labute approximate surface area is 226 Å². The van der Waals surface area contributed by atoms with Crippen LogP contribution in [0.4, 0.5) is 17.5 Å². The number of unbranched alkanes of at least 4 members (excludes halogenated alkanes) is 3. The summed E-state index contributed by atoms with van der Waals surface area (Å²) in [6.07, 6.45) is 12.5. The second-order valence-corrected chi connectivity index (χ2v) is 10.7. The van der Waals surface area contributed by atoms with E-state index in [4.69, 9.17) is 14.3 Å². The van der Waals surface area contributed by atoms with Gasteiger partial charge in [-0.3, -0.25) is 4.79 Å². The maximum absolute atomic E-state index is 11.5. The van der Waals surface area contributed by atoms with Gasteiger partial charge < -0.3 is 20.4 Å². The summed E-state index contributed by atoms with van der Waals surface area (Å²) in [7, 11) is 0. The predicted molar refractivity (Wildman–Crippen MR) is 154 cm³/mol. The fraction of sp³-hybridized carbons (Fsp3) is 0.480. The van der Waals surface area contributed by atoms with Gasteiger partial charge in [0.15, 0.2) is 0 Å². The van der Waals surface area contributed by atoms with Crippen LogP contribution < -0.4 is 20.9 Å². The summed E-state index contributed by atoms with van der Waals surface area (Å²) in [5.74, 6) is 2.22. The van der Waals surface area contributed by atoms with Gasteiger partial charge in [0.25, 0.3) is 0 Å². The molecular formula is C25H34IN6O3P. The molecule has 36 heavy (non-hydrogen) atoms. The molecule has 4 rings (SSSR count). The molecule has 0 saturated heterocycles. The maximum Gasteiger partial charge on any atom is 0.243 e. The topological polar surface area (TPSA) is 113 Å². The average Bonchev–Trinajstić information content (AvgIpc) is 3.37. The van der Waals surface area contributed by atoms with Crippen LogP contribution in [-0.4, -0.2) is 33.5 Å². The number of benzene rings is 1. The first-order chi connectivity index (χ1) is 17.7. The molecule has 1 aromatic carbocycles. The number of carbonyl (C=O) groups excluding carboxylic acids is 1. The van der Waals surface area contributed by atoms with Crippen LogP contribution in [0.3, 0.4) is 0 Å². The van der Waals surface area contributed by atoms with E-state index in [-0.39, 0.29) is 12.4 Å². The van der Waals surface area contributed by atoms with Crippen LogP contribution in [0.1, 0.15) is 64.2 Å². The first kappa shape index (κ1) is 26.9. The van der Waals surface area contributed by atoms with Crippen molar-refractivity contribution in [2.45, 2.75) is 70.3 Å². The van der Waals surface area contributed by atoms with Crippen LogP contribution in [0.25, 0.3) is 11.0 Å². The second-order valence-electron chi connectivity index (χ2n) is 8.98. The van der Waals surface area contributed by atoms with Gasteiger partial charge in [-0.1, -0.05) is 32.1 Å². The number of nitrogens with one attached hydrogen (secondary N) is 4. The lowest BCUT2D eigenvalue weighted by Crippen LogP contribution is -2.23. The molecule has 1 atom stereocenters. The number of fused-ring (bicyclic) bond motifs is 1. The molecule has 1 aliphatic carbocycles. The third-order valence-corrected chi connectivity index (χ3v) is 7.08. The van der Waals surface area contributed by atoms with Crippen molar-refractivity contribution in [1.29, 1.82) is 0 Å². The molecule has 0 aliphatic heterocycles. The number of nitrogens with zero attached hydrogens (tertiary/aromatic N) is 2. The highest BCUT2D eigenvalue weighted by molar-refractivity contribution is 14.2. The third kappa shape index (κ3) is 8.45. The minimum atomic E-state index is -0.0564. The molecule has 1 unspecified atom stereocenters. The van der Waals surface area contributed by atoms with Crippen molar-refractivity contribution in [2.75, 3.05) is 17.2 Å². The highest BCUT2D eigenvalue weighted by Crippen LogP contribution is 2.27. The normalized spacial score (nSPS) is 14.4. The zero-order chi connectivity index (χ0) is 25.0. The van der Waals surface area contributed by atoms with Gasteiger partial charge in [0.1, 0.15) is 23.7 Å². The standard InChI is InChI=1S/C25H34IN6O3P/c26-36-35-32-22(33)10-6-1-2-7-17-34-20-13-11-19(12-14-20)29-25-30-23-21(15-16-27-23)24(31-25)28-18-8-4-3-5-9-18/h11-16,18,36H,1-10,17H2,(H,32,33)(H3,27,28,29,30,31). The van der Waals surface area contributed by atoms with Gasteiger partial charge >= 0.3 is 0 Å². The van der Waals surface area contributed by atoms with Crippen molar-refractivity contribution in [3.8, 4) is 5.75 Å². The molecule has 0 radical (unpaired) electrons. The zero-order valence-corrected chi connectivity index (χ0v) is 23.5. The number of hydrogen-bond acceptors (Lipinski definition) is 7. The summed E-state index contributed by atoms with van der Waals surface area (Å²) in [6, 6.07) is 10.3. The van der Waals surface area contributed by atoms with Crippen LogP contribution in [0, 0.1) is 0 Å². The molecule has 4 N–H and O–H groups in total. The number of amides is 1. The smallest absolute Gasteiger partial charge is 0.243 e. The summed E-state index contributed by atoms with van der Waals surface area (Å²) >= 11 is 2.07. The number of aromatic amines is 1. The molecule has 3 aromatic rings. The number of ether oxygens (including phenoxy) is 1. The Morgan fingerprint density at radius 1 is 1.06 bits per heavy atom. The maximum atomic E-state index is 11.5. The van der Waals surface area contributed by atoms with E-state index < -0.39 is 0 Å². The minimum Gasteiger partial charge on any atom is -0.494 e. The number of hydroxylamine groups is 1. The summed E-state index contributed by atoms with van der Waals surface area (Å²) in [5.41, 5.74) is 4.15. The number of aromatic nitrogens is 3. The monoisotopic (exact) mass is 624 g/mol. The van der Waals surface area contributed by atoms with Gasteiger partial charge in [0.2, 0.25) is 11.9 Å². The average molecular weight is 624 g/mol. The molecule has 1 saturated carbocycles. The fourth-order valence-electron chi connectivity index (χ4n) is 4.37. The molecule has 2 heterocycles. The van der Waals surface area contributed by atoms with Crippen molar-refractivity contribution in [3.05, 3.63) is 36.5 Å². The number of carbonyl (C=O) groups is 1. The number of hydrogen-bond donors (Lipinski definition) is 4. The lowest BCUT2D eigenvalue weighted by molar-refractivity contribution is -0.127. The molecule has 194 valence electrons. The van der Waals surface area contributed by atoms with Crippen LogP contribution >= 0.6 is 28.5 Å². The Morgan fingerprint density at radius 3 is 2.67 bits per heavy atom. The Bertz CT molecular complexity index is 1090. The van der Waals surface area contributed by atoms with Crippen LogP contribution in [-0.2, 0) is 9.42 Å². The lowest BCUT2D eigenvalue weighted by Gasteiger charge is -2.23. The predicted octanol–water partition coefficient (Wildman–Crippen LogP) is 6.77. The molecule has 0 bridgehead atoms. The van der Waals surface area contributed by atoms with Crippen LogP contribution in [0.2, 0.25) is 0 Å². The Balaban J connectivity index is 1.22. The molecule has 0 spiro atoms. The van der Waals surface area contributed by atoms with E-state index in [1.807, 2.05) is 36.5 Å². The number of rotatable bonds is 14. The van der Waals surface area contributed by atoms with Gasteiger partial charge in [-0.2, -0.15) is 9.97 Å². The summed E-state index contributed by atoms with van der Waals surface area (Å²) in [4.78, 5) is 24.1. The molecule has 1 fully saturated rings. The summed E-state index contributed by atoms with van der Waals surface area (Å²) in [6.45, 7) is 0.892. The van der Waals surface area contributed by atoms with Gasteiger partial charge in [-0.05, 0) is 78.1 Å². The lowest BCUT2D eigenvalue weighted by atomic mass is 9.95. The van der Waals surface area contributed by atoms with Crippen LogP contribution in [0.15, 0.2) is 36.5 Å². The van der Waals surface area contributed by atoms with E-state index in [1.54, 1.807) is 0 Å². The van der Waals surface area contributed by atoms with E-state index in [2.05, 4.69) is 48.1 Å². The summed E-state index contributed by atoms with van der Waals surface area (Å²) in [5, 5.41) is 7.98.